The van der Waals surface area contributed by atoms with Crippen LogP contribution in [-0.2, 0) is 14.3 Å². The van der Waals surface area contributed by atoms with Crippen molar-refractivity contribution in [1.82, 2.24) is 4.90 Å². The Labute approximate surface area is 102 Å². The summed E-state index contributed by atoms with van der Waals surface area (Å²) in [7, 11) is 1.38. The number of methoxy groups -OCH3 is 1. The van der Waals surface area contributed by atoms with Gasteiger partial charge in [0, 0.05) is 19.6 Å². The quantitative estimate of drug-likeness (QED) is 0.710. The predicted octanol–water partition coefficient (Wildman–Crippen LogP) is 0.130. The van der Waals surface area contributed by atoms with Gasteiger partial charge in [-0.25, -0.2) is 0 Å². The Hall–Kier alpha value is -0.650. The minimum Gasteiger partial charge on any atom is -0.468 e. The van der Waals surface area contributed by atoms with E-state index in [2.05, 4.69) is 4.90 Å². The van der Waals surface area contributed by atoms with Gasteiger partial charge in [0.15, 0.2) is 0 Å². The van der Waals surface area contributed by atoms with Gasteiger partial charge in [-0.2, -0.15) is 0 Å². The number of hydrogen-bond donors (Lipinski definition) is 1. The molecule has 0 saturated carbocycles. The van der Waals surface area contributed by atoms with Crippen molar-refractivity contribution in [2.45, 2.75) is 43.9 Å². The molecule has 0 aromatic heterocycles. The number of likely N-dealkylation sites (tertiary alicyclic amines) is 1. The molecule has 2 bridgehead atoms. The van der Waals surface area contributed by atoms with Gasteiger partial charge in [0.2, 0.25) is 0 Å². The molecule has 0 aromatic carbocycles. The third-order valence-corrected chi connectivity index (χ3v) is 3.72. The lowest BCUT2D eigenvalue weighted by Gasteiger charge is -2.33. The normalized spacial score (nSPS) is 32.2. The Morgan fingerprint density at radius 2 is 2.06 bits per heavy atom. The van der Waals surface area contributed by atoms with Crippen LogP contribution in [0.5, 0.6) is 0 Å². The Bertz CT molecular complexity index is 281. The topological polar surface area (TPSA) is 64.8 Å². The first-order valence-electron chi connectivity index (χ1n) is 6.26. The zero-order valence-corrected chi connectivity index (χ0v) is 10.6. The molecule has 5 heteroatoms. The molecule has 5 nitrogen and oxygen atoms in total. The number of nitrogens with two attached hydrogens (primary N) is 1. The fraction of sp³-hybridized carbons (Fsp3) is 0.917. The highest BCUT2D eigenvalue weighted by Crippen LogP contribution is 2.26. The van der Waals surface area contributed by atoms with Crippen molar-refractivity contribution < 1.29 is 14.3 Å². The zero-order chi connectivity index (χ0) is 12.5. The summed E-state index contributed by atoms with van der Waals surface area (Å²) >= 11 is 0. The van der Waals surface area contributed by atoms with Crippen LogP contribution in [0.3, 0.4) is 0 Å². The van der Waals surface area contributed by atoms with E-state index in [0.717, 1.165) is 32.5 Å². The lowest BCUT2D eigenvalue weighted by atomic mass is 9.99. The second-order valence-corrected chi connectivity index (χ2v) is 5.38. The molecule has 0 aliphatic carbocycles. The summed E-state index contributed by atoms with van der Waals surface area (Å²) < 4.78 is 10.5. The highest BCUT2D eigenvalue weighted by Gasteiger charge is 2.35. The van der Waals surface area contributed by atoms with Crippen molar-refractivity contribution in [2.75, 3.05) is 26.7 Å². The third kappa shape index (κ3) is 2.97. The van der Waals surface area contributed by atoms with E-state index >= 15 is 0 Å². The Morgan fingerprint density at radius 1 is 1.47 bits per heavy atom. The van der Waals surface area contributed by atoms with E-state index in [9.17, 15) is 4.79 Å². The van der Waals surface area contributed by atoms with E-state index < -0.39 is 5.54 Å². The average Bonchev–Trinajstić information content (AvgIpc) is 2.65. The number of ether oxygens (including phenoxy) is 2. The lowest BCUT2D eigenvalue weighted by molar-refractivity contribution is -0.146. The second-order valence-electron chi connectivity index (χ2n) is 5.38. The Kier molecular flexibility index (Phi) is 3.70. The SMILES string of the molecule is COC(=O)C(C)(N)CCN1CC2CCC(C1)O2. The first-order valence-corrected chi connectivity index (χ1v) is 6.26. The highest BCUT2D eigenvalue weighted by atomic mass is 16.5. The molecule has 0 aromatic rings. The van der Waals surface area contributed by atoms with Crippen LogP contribution in [0.15, 0.2) is 0 Å². The summed E-state index contributed by atoms with van der Waals surface area (Å²) in [6, 6.07) is 0. The first-order chi connectivity index (χ1) is 8.01. The third-order valence-electron chi connectivity index (χ3n) is 3.72. The monoisotopic (exact) mass is 242 g/mol. The lowest BCUT2D eigenvalue weighted by Crippen LogP contribution is -2.50. The minimum absolute atomic E-state index is 0.339. The molecule has 3 unspecified atom stereocenters. The molecule has 2 heterocycles. The molecule has 0 spiro atoms. The van der Waals surface area contributed by atoms with E-state index in [-0.39, 0.29) is 5.97 Å². The highest BCUT2D eigenvalue weighted by molar-refractivity contribution is 5.79. The van der Waals surface area contributed by atoms with Gasteiger partial charge in [0.05, 0.1) is 19.3 Å². The number of carbonyl (C=O) groups is 1. The average molecular weight is 242 g/mol. The molecule has 2 N–H and O–H groups in total. The van der Waals surface area contributed by atoms with Crippen molar-refractivity contribution in [2.24, 2.45) is 5.73 Å². The zero-order valence-electron chi connectivity index (χ0n) is 10.6. The molecule has 2 fully saturated rings. The molecule has 2 aliphatic heterocycles. The van der Waals surface area contributed by atoms with Gasteiger partial charge in [0.25, 0.3) is 0 Å². The van der Waals surface area contributed by atoms with Crippen molar-refractivity contribution in [3.8, 4) is 0 Å². The van der Waals surface area contributed by atoms with E-state index in [1.54, 1.807) is 6.92 Å². The fourth-order valence-corrected chi connectivity index (χ4v) is 2.61. The molecule has 0 amide bonds. The number of morpholine rings is 1. The predicted molar refractivity (Wildman–Crippen MR) is 63.6 cm³/mol. The van der Waals surface area contributed by atoms with Crippen molar-refractivity contribution >= 4 is 5.97 Å². The molecule has 2 saturated heterocycles. The number of esters is 1. The smallest absolute Gasteiger partial charge is 0.325 e. The number of nitrogens with zero attached hydrogens (tertiary/aromatic N) is 1. The van der Waals surface area contributed by atoms with Crippen LogP contribution >= 0.6 is 0 Å². The van der Waals surface area contributed by atoms with Crippen LogP contribution in [0.25, 0.3) is 0 Å². The number of fused-ring (bicyclic) bond motifs is 2. The molecule has 2 rings (SSSR count). The summed E-state index contributed by atoms with van der Waals surface area (Å²) in [5.41, 5.74) is 5.06. The van der Waals surface area contributed by atoms with Gasteiger partial charge >= 0.3 is 5.97 Å². The van der Waals surface area contributed by atoms with Crippen LogP contribution in [0, 0.1) is 0 Å². The van der Waals surface area contributed by atoms with Crippen LogP contribution in [0.1, 0.15) is 26.2 Å². The molecule has 17 heavy (non-hydrogen) atoms. The standard InChI is InChI=1S/C12H22N2O3/c1-12(13,11(15)16-2)5-6-14-7-9-3-4-10(8-14)17-9/h9-10H,3-8,13H2,1-2H3. The largest absolute Gasteiger partial charge is 0.468 e. The molecule has 2 aliphatic rings. The summed E-state index contributed by atoms with van der Waals surface area (Å²) in [5.74, 6) is -0.339. The number of carbonyl (C=O) groups excluding carboxylic acids is 1. The van der Waals surface area contributed by atoms with Gasteiger partial charge in [-0.15, -0.1) is 0 Å². The van der Waals surface area contributed by atoms with Crippen LogP contribution in [-0.4, -0.2) is 55.4 Å². The Balaban J connectivity index is 1.80. The summed E-state index contributed by atoms with van der Waals surface area (Å²) in [6.07, 6.45) is 3.72. The van der Waals surface area contributed by atoms with E-state index in [1.165, 1.54) is 7.11 Å². The summed E-state index contributed by atoms with van der Waals surface area (Å²) in [6.45, 7) is 4.49. The van der Waals surface area contributed by atoms with Crippen molar-refractivity contribution in [3.63, 3.8) is 0 Å². The molecular formula is C12H22N2O3. The van der Waals surface area contributed by atoms with Gasteiger partial charge in [-0.1, -0.05) is 0 Å². The number of hydrogen-bond acceptors (Lipinski definition) is 5. The first kappa shape index (κ1) is 12.8. The van der Waals surface area contributed by atoms with Crippen LogP contribution < -0.4 is 5.73 Å². The summed E-state index contributed by atoms with van der Waals surface area (Å²) in [4.78, 5) is 13.8. The maximum Gasteiger partial charge on any atom is 0.325 e. The van der Waals surface area contributed by atoms with Crippen LogP contribution in [0.4, 0.5) is 0 Å². The van der Waals surface area contributed by atoms with E-state index in [0.29, 0.717) is 18.6 Å². The second kappa shape index (κ2) is 4.92. The molecular weight excluding hydrogens is 220 g/mol. The van der Waals surface area contributed by atoms with Gasteiger partial charge in [0.1, 0.15) is 5.54 Å². The van der Waals surface area contributed by atoms with Crippen molar-refractivity contribution in [1.29, 1.82) is 0 Å². The van der Waals surface area contributed by atoms with E-state index in [1.807, 2.05) is 0 Å². The molecule has 98 valence electrons. The number of rotatable bonds is 4. The van der Waals surface area contributed by atoms with Crippen molar-refractivity contribution in [3.05, 3.63) is 0 Å². The maximum atomic E-state index is 11.5. The van der Waals surface area contributed by atoms with Crippen LogP contribution in [0.2, 0.25) is 0 Å². The van der Waals surface area contributed by atoms with Gasteiger partial charge < -0.3 is 15.2 Å². The minimum atomic E-state index is -0.883. The maximum absolute atomic E-state index is 11.5. The molecule has 0 radical (unpaired) electrons. The van der Waals surface area contributed by atoms with Gasteiger partial charge in [-0.3, -0.25) is 9.69 Å². The van der Waals surface area contributed by atoms with E-state index in [4.69, 9.17) is 15.2 Å². The summed E-state index contributed by atoms with van der Waals surface area (Å²) in [5, 5.41) is 0. The fourth-order valence-electron chi connectivity index (χ4n) is 2.61. The molecule has 3 atom stereocenters. The van der Waals surface area contributed by atoms with Gasteiger partial charge in [-0.05, 0) is 26.2 Å². The Morgan fingerprint density at radius 3 is 2.59 bits per heavy atom.